The largest absolute Gasteiger partial charge is 0.370 e. The van der Waals surface area contributed by atoms with Crippen LogP contribution < -0.4 is 17.0 Å². The molecule has 1 fully saturated rings. The maximum absolute atomic E-state index is 12.0. The highest BCUT2D eigenvalue weighted by atomic mass is 32.2. The molecule has 1 amide bonds. The third-order valence-corrected chi connectivity index (χ3v) is 5.24. The first-order valence-corrected chi connectivity index (χ1v) is 8.97. The quantitative estimate of drug-likeness (QED) is 0.675. The van der Waals surface area contributed by atoms with Crippen LogP contribution in [-0.4, -0.2) is 29.8 Å². The van der Waals surface area contributed by atoms with Gasteiger partial charge in [0.15, 0.2) is 5.16 Å². The molecule has 0 aliphatic heterocycles. The zero-order chi connectivity index (χ0) is 18.1. The summed E-state index contributed by atoms with van der Waals surface area (Å²) >= 11 is 1.38. The van der Waals surface area contributed by atoms with Gasteiger partial charge in [0.05, 0.1) is 0 Å². The SMILES string of the molecule is Cn1c(CSc2nnc(C3CC3)n2CCC(N)=O)cc(=O)n(C)c1=O. The lowest BCUT2D eigenvalue weighted by Gasteiger charge is -2.11. The minimum absolute atomic E-state index is 0.218. The maximum Gasteiger partial charge on any atom is 0.330 e. The van der Waals surface area contributed by atoms with Gasteiger partial charge in [0.2, 0.25) is 5.91 Å². The summed E-state index contributed by atoms with van der Waals surface area (Å²) < 4.78 is 4.43. The smallest absolute Gasteiger partial charge is 0.330 e. The molecule has 0 spiro atoms. The molecule has 0 radical (unpaired) electrons. The molecule has 2 N–H and O–H groups in total. The summed E-state index contributed by atoms with van der Waals surface area (Å²) in [5.41, 5.74) is 5.16. The molecule has 0 saturated heterocycles. The number of carbonyl (C=O) groups excluding carboxylic acids is 1. The number of nitrogens with zero attached hydrogens (tertiary/aromatic N) is 5. The lowest BCUT2D eigenvalue weighted by Crippen LogP contribution is -2.37. The minimum Gasteiger partial charge on any atom is -0.370 e. The van der Waals surface area contributed by atoms with Crippen molar-refractivity contribution in [3.8, 4) is 0 Å². The van der Waals surface area contributed by atoms with E-state index in [2.05, 4.69) is 10.2 Å². The first-order valence-electron chi connectivity index (χ1n) is 7.98. The number of rotatable bonds is 7. The maximum atomic E-state index is 12.0. The van der Waals surface area contributed by atoms with Gasteiger partial charge < -0.3 is 10.3 Å². The van der Waals surface area contributed by atoms with Gasteiger partial charge in [0.25, 0.3) is 5.56 Å². The first-order chi connectivity index (χ1) is 11.9. The van der Waals surface area contributed by atoms with Crippen LogP contribution in [0.5, 0.6) is 0 Å². The second-order valence-electron chi connectivity index (χ2n) is 6.15. The standard InChI is InChI=1S/C15H20N6O3S/c1-19-10(7-12(23)20(2)15(19)24)8-25-14-18-17-13(9-3-4-9)21(14)6-5-11(16)22/h7,9H,3-6,8H2,1-2H3,(H2,16,22). The molecular weight excluding hydrogens is 344 g/mol. The van der Waals surface area contributed by atoms with Crippen LogP contribution in [0.2, 0.25) is 0 Å². The van der Waals surface area contributed by atoms with Gasteiger partial charge in [-0.15, -0.1) is 10.2 Å². The van der Waals surface area contributed by atoms with E-state index in [0.29, 0.717) is 29.1 Å². The molecule has 3 rings (SSSR count). The molecule has 1 aliphatic carbocycles. The number of hydrogen-bond acceptors (Lipinski definition) is 6. The van der Waals surface area contributed by atoms with E-state index in [1.807, 2.05) is 4.57 Å². The monoisotopic (exact) mass is 364 g/mol. The molecule has 134 valence electrons. The molecule has 2 aromatic rings. The second kappa shape index (κ2) is 6.87. The number of carbonyl (C=O) groups is 1. The van der Waals surface area contributed by atoms with E-state index in [1.54, 1.807) is 7.05 Å². The summed E-state index contributed by atoms with van der Waals surface area (Å²) in [6, 6.07) is 1.44. The summed E-state index contributed by atoms with van der Waals surface area (Å²) in [6.07, 6.45) is 2.36. The van der Waals surface area contributed by atoms with Crippen molar-refractivity contribution >= 4 is 17.7 Å². The van der Waals surface area contributed by atoms with E-state index < -0.39 is 0 Å². The molecule has 1 saturated carbocycles. The highest BCUT2D eigenvalue weighted by Gasteiger charge is 2.30. The predicted molar refractivity (Wildman–Crippen MR) is 92.3 cm³/mol. The summed E-state index contributed by atoms with van der Waals surface area (Å²) in [4.78, 5) is 34.9. The lowest BCUT2D eigenvalue weighted by molar-refractivity contribution is -0.118. The Morgan fingerprint density at radius 2 is 2.00 bits per heavy atom. The normalized spacial score (nSPS) is 14.0. The molecule has 25 heavy (non-hydrogen) atoms. The molecule has 9 nitrogen and oxygen atoms in total. The van der Waals surface area contributed by atoms with E-state index in [4.69, 9.17) is 5.73 Å². The van der Waals surface area contributed by atoms with Gasteiger partial charge in [0.1, 0.15) is 5.82 Å². The predicted octanol–water partition coefficient (Wildman–Crippen LogP) is -0.279. The Hall–Kier alpha value is -2.36. The van der Waals surface area contributed by atoms with Crippen LogP contribution in [-0.2, 0) is 31.2 Å². The van der Waals surface area contributed by atoms with Gasteiger partial charge in [-0.2, -0.15) is 0 Å². The Labute approximate surface area is 147 Å². The third kappa shape index (κ3) is 3.68. The Bertz CT molecular complexity index is 924. The number of amides is 1. The van der Waals surface area contributed by atoms with Crippen LogP contribution in [0.3, 0.4) is 0 Å². The van der Waals surface area contributed by atoms with E-state index in [1.165, 1.54) is 29.4 Å². The summed E-state index contributed by atoms with van der Waals surface area (Å²) in [5.74, 6) is 1.30. The number of aromatic nitrogens is 5. The minimum atomic E-state index is -0.375. The van der Waals surface area contributed by atoms with Crippen molar-refractivity contribution in [1.82, 2.24) is 23.9 Å². The molecular formula is C15H20N6O3S. The third-order valence-electron chi connectivity index (χ3n) is 4.24. The molecule has 1 aliphatic rings. The fourth-order valence-corrected chi connectivity index (χ4v) is 3.53. The fraction of sp³-hybridized carbons (Fsp3) is 0.533. The van der Waals surface area contributed by atoms with Crippen LogP contribution in [0, 0.1) is 0 Å². The van der Waals surface area contributed by atoms with E-state index >= 15 is 0 Å². The topological polar surface area (TPSA) is 118 Å². The van der Waals surface area contributed by atoms with E-state index in [0.717, 1.165) is 23.2 Å². The number of hydrogen-bond donors (Lipinski definition) is 1. The Morgan fingerprint density at radius 1 is 1.28 bits per heavy atom. The number of nitrogens with two attached hydrogens (primary N) is 1. The van der Waals surface area contributed by atoms with Crippen LogP contribution in [0.1, 0.15) is 36.7 Å². The summed E-state index contributed by atoms with van der Waals surface area (Å²) in [5, 5.41) is 9.12. The van der Waals surface area contributed by atoms with Crippen LogP contribution in [0.25, 0.3) is 0 Å². The molecule has 0 aromatic carbocycles. The second-order valence-corrected chi connectivity index (χ2v) is 7.09. The van der Waals surface area contributed by atoms with Crippen molar-refractivity contribution in [1.29, 1.82) is 0 Å². The van der Waals surface area contributed by atoms with Crippen LogP contribution in [0.4, 0.5) is 0 Å². The summed E-state index contributed by atoms with van der Waals surface area (Å²) in [7, 11) is 3.08. The first kappa shape index (κ1) is 17.5. The van der Waals surface area contributed by atoms with Gasteiger partial charge in [-0.1, -0.05) is 11.8 Å². The number of primary amides is 1. The van der Waals surface area contributed by atoms with Crippen LogP contribution >= 0.6 is 11.8 Å². The zero-order valence-corrected chi connectivity index (χ0v) is 15.0. The number of thioether (sulfide) groups is 1. The molecule has 2 heterocycles. The Balaban J connectivity index is 1.83. The zero-order valence-electron chi connectivity index (χ0n) is 14.1. The van der Waals surface area contributed by atoms with Crippen molar-refractivity contribution in [2.24, 2.45) is 19.8 Å². The van der Waals surface area contributed by atoms with Crippen molar-refractivity contribution in [2.45, 2.75) is 42.6 Å². The van der Waals surface area contributed by atoms with Crippen molar-refractivity contribution in [2.75, 3.05) is 0 Å². The van der Waals surface area contributed by atoms with E-state index in [-0.39, 0.29) is 23.6 Å². The molecule has 2 aromatic heterocycles. The highest BCUT2D eigenvalue weighted by molar-refractivity contribution is 7.98. The van der Waals surface area contributed by atoms with E-state index in [9.17, 15) is 14.4 Å². The molecule has 10 heteroatoms. The summed E-state index contributed by atoms with van der Waals surface area (Å²) in [6.45, 7) is 0.436. The van der Waals surface area contributed by atoms with Crippen molar-refractivity contribution < 1.29 is 4.79 Å². The van der Waals surface area contributed by atoms with Crippen LogP contribution in [0.15, 0.2) is 20.8 Å². The van der Waals surface area contributed by atoms with Gasteiger partial charge in [-0.25, -0.2) is 4.79 Å². The van der Waals surface area contributed by atoms with Crippen molar-refractivity contribution in [3.63, 3.8) is 0 Å². The Morgan fingerprint density at radius 3 is 2.64 bits per heavy atom. The van der Waals surface area contributed by atoms with Crippen molar-refractivity contribution in [3.05, 3.63) is 38.4 Å². The van der Waals surface area contributed by atoms with Gasteiger partial charge in [-0.05, 0) is 12.8 Å². The average Bonchev–Trinajstić information content (AvgIpc) is 3.34. The lowest BCUT2D eigenvalue weighted by atomic mass is 10.3. The highest BCUT2D eigenvalue weighted by Crippen LogP contribution is 2.40. The fourth-order valence-electron chi connectivity index (χ4n) is 2.54. The van der Waals surface area contributed by atoms with Gasteiger partial charge in [-0.3, -0.25) is 18.7 Å². The average molecular weight is 364 g/mol. The molecule has 0 unspecified atom stereocenters. The Kier molecular flexibility index (Phi) is 4.80. The molecule has 0 atom stereocenters. The van der Waals surface area contributed by atoms with Gasteiger partial charge >= 0.3 is 5.69 Å². The van der Waals surface area contributed by atoms with Gasteiger partial charge in [0, 0.05) is 50.5 Å². The molecule has 0 bridgehead atoms.